The number of benzene rings is 1. The predicted molar refractivity (Wildman–Crippen MR) is 58.4 cm³/mol. The number of sulfone groups is 1. The van der Waals surface area contributed by atoms with Crippen LogP contribution in [0.3, 0.4) is 0 Å². The van der Waals surface area contributed by atoms with E-state index in [1.165, 1.54) is 24.3 Å². The van der Waals surface area contributed by atoms with Crippen LogP contribution in [0.2, 0.25) is 0 Å². The SMILES string of the molecule is CC(CN)CS(=O)(=O)c1ccc(O)cc1. The largest absolute Gasteiger partial charge is 0.508 e. The van der Waals surface area contributed by atoms with E-state index in [1.807, 2.05) is 0 Å². The van der Waals surface area contributed by atoms with Crippen molar-refractivity contribution in [3.8, 4) is 5.75 Å². The van der Waals surface area contributed by atoms with Crippen LogP contribution in [0.4, 0.5) is 0 Å². The van der Waals surface area contributed by atoms with E-state index < -0.39 is 9.84 Å². The summed E-state index contributed by atoms with van der Waals surface area (Å²) in [4.78, 5) is 0.223. The molecule has 0 aliphatic carbocycles. The summed E-state index contributed by atoms with van der Waals surface area (Å²) in [5.74, 6) is 0.0264. The second kappa shape index (κ2) is 4.63. The highest BCUT2D eigenvalue weighted by Gasteiger charge is 2.17. The number of hydrogen-bond donors (Lipinski definition) is 2. The molecule has 1 rings (SSSR count). The topological polar surface area (TPSA) is 80.4 Å². The lowest BCUT2D eigenvalue weighted by Crippen LogP contribution is -2.21. The molecule has 3 N–H and O–H groups in total. The van der Waals surface area contributed by atoms with Gasteiger partial charge in [-0.2, -0.15) is 0 Å². The molecule has 0 fully saturated rings. The van der Waals surface area contributed by atoms with Crippen molar-refractivity contribution in [2.24, 2.45) is 11.7 Å². The van der Waals surface area contributed by atoms with E-state index in [9.17, 15) is 8.42 Å². The summed E-state index contributed by atoms with van der Waals surface area (Å²) in [7, 11) is -3.28. The number of nitrogens with two attached hydrogens (primary N) is 1. The number of aromatic hydroxyl groups is 1. The number of rotatable bonds is 4. The Morgan fingerprint density at radius 1 is 1.33 bits per heavy atom. The Morgan fingerprint density at radius 2 is 1.87 bits per heavy atom. The summed E-state index contributed by atoms with van der Waals surface area (Å²) in [6, 6.07) is 5.52. The number of phenolic OH excluding ortho intramolecular Hbond substituents is 1. The highest BCUT2D eigenvalue weighted by atomic mass is 32.2. The van der Waals surface area contributed by atoms with E-state index in [0.29, 0.717) is 6.54 Å². The Balaban J connectivity index is 2.91. The predicted octanol–water partition coefficient (Wildman–Crippen LogP) is 0.761. The molecule has 1 aromatic carbocycles. The summed E-state index contributed by atoms with van der Waals surface area (Å²) in [6.07, 6.45) is 0. The lowest BCUT2D eigenvalue weighted by atomic mass is 10.2. The molecular formula is C10H15NO3S. The average Bonchev–Trinajstić information content (AvgIpc) is 2.17. The van der Waals surface area contributed by atoms with E-state index in [1.54, 1.807) is 6.92 Å². The van der Waals surface area contributed by atoms with Gasteiger partial charge in [-0.25, -0.2) is 8.42 Å². The van der Waals surface area contributed by atoms with E-state index in [2.05, 4.69) is 0 Å². The minimum absolute atomic E-state index is 0.0360. The van der Waals surface area contributed by atoms with E-state index in [-0.39, 0.29) is 22.3 Å². The van der Waals surface area contributed by atoms with Crippen LogP contribution < -0.4 is 5.73 Å². The second-order valence-electron chi connectivity index (χ2n) is 3.62. The quantitative estimate of drug-likeness (QED) is 0.798. The third-order valence-corrected chi connectivity index (χ3v) is 4.10. The smallest absolute Gasteiger partial charge is 0.178 e. The third-order valence-electron chi connectivity index (χ3n) is 2.10. The van der Waals surface area contributed by atoms with Crippen LogP contribution in [0.1, 0.15) is 6.92 Å². The van der Waals surface area contributed by atoms with Crippen LogP contribution in [-0.2, 0) is 9.84 Å². The summed E-state index contributed by atoms with van der Waals surface area (Å²) < 4.78 is 23.6. The van der Waals surface area contributed by atoms with Crippen molar-refractivity contribution in [2.45, 2.75) is 11.8 Å². The van der Waals surface area contributed by atoms with E-state index >= 15 is 0 Å². The minimum atomic E-state index is -3.28. The molecule has 15 heavy (non-hydrogen) atoms. The first-order valence-corrected chi connectivity index (χ1v) is 6.33. The monoisotopic (exact) mass is 229 g/mol. The zero-order chi connectivity index (χ0) is 11.5. The van der Waals surface area contributed by atoms with Crippen molar-refractivity contribution in [1.29, 1.82) is 0 Å². The normalized spacial score (nSPS) is 13.7. The molecule has 0 aliphatic rings. The Hall–Kier alpha value is -1.07. The molecule has 0 spiro atoms. The Morgan fingerprint density at radius 3 is 2.33 bits per heavy atom. The maximum absolute atomic E-state index is 11.8. The standard InChI is InChI=1S/C10H15NO3S/c1-8(6-11)7-15(13,14)10-4-2-9(12)3-5-10/h2-5,8,12H,6-7,11H2,1H3. The van der Waals surface area contributed by atoms with Crippen molar-refractivity contribution in [2.75, 3.05) is 12.3 Å². The first kappa shape index (κ1) is 12.0. The third kappa shape index (κ3) is 3.21. The molecular weight excluding hydrogens is 214 g/mol. The molecule has 0 bridgehead atoms. The fourth-order valence-corrected chi connectivity index (χ4v) is 2.82. The Labute approximate surface area is 89.7 Å². The molecule has 0 aliphatic heterocycles. The summed E-state index contributed by atoms with van der Waals surface area (Å²) >= 11 is 0. The molecule has 1 atom stereocenters. The van der Waals surface area contributed by atoms with Gasteiger partial charge < -0.3 is 10.8 Å². The van der Waals surface area contributed by atoms with Crippen LogP contribution in [0.5, 0.6) is 5.75 Å². The molecule has 0 radical (unpaired) electrons. The maximum atomic E-state index is 11.8. The molecule has 4 nitrogen and oxygen atoms in total. The van der Waals surface area contributed by atoms with Gasteiger partial charge in [0.2, 0.25) is 0 Å². The van der Waals surface area contributed by atoms with Crippen LogP contribution >= 0.6 is 0 Å². The van der Waals surface area contributed by atoms with Crippen molar-refractivity contribution < 1.29 is 13.5 Å². The van der Waals surface area contributed by atoms with Gasteiger partial charge in [-0.3, -0.25) is 0 Å². The molecule has 1 unspecified atom stereocenters. The van der Waals surface area contributed by atoms with Gasteiger partial charge in [0.15, 0.2) is 9.84 Å². The first-order valence-electron chi connectivity index (χ1n) is 4.67. The van der Waals surface area contributed by atoms with Crippen molar-refractivity contribution in [1.82, 2.24) is 0 Å². The number of hydrogen-bond acceptors (Lipinski definition) is 4. The van der Waals surface area contributed by atoms with Crippen LogP contribution in [-0.4, -0.2) is 25.8 Å². The second-order valence-corrected chi connectivity index (χ2v) is 5.65. The molecule has 0 saturated heterocycles. The zero-order valence-electron chi connectivity index (χ0n) is 8.55. The maximum Gasteiger partial charge on any atom is 0.178 e. The van der Waals surface area contributed by atoms with Gasteiger partial charge in [0.1, 0.15) is 5.75 Å². The Kier molecular flexibility index (Phi) is 3.71. The van der Waals surface area contributed by atoms with Crippen LogP contribution in [0.25, 0.3) is 0 Å². The number of phenols is 1. The molecule has 84 valence electrons. The molecule has 0 heterocycles. The highest BCUT2D eigenvalue weighted by Crippen LogP contribution is 2.17. The van der Waals surface area contributed by atoms with Crippen molar-refractivity contribution >= 4 is 9.84 Å². The molecule has 5 heteroatoms. The van der Waals surface area contributed by atoms with E-state index in [4.69, 9.17) is 10.8 Å². The molecule has 0 saturated carbocycles. The minimum Gasteiger partial charge on any atom is -0.508 e. The van der Waals surface area contributed by atoms with Gasteiger partial charge in [-0.05, 0) is 36.7 Å². The van der Waals surface area contributed by atoms with Gasteiger partial charge in [0.25, 0.3) is 0 Å². The van der Waals surface area contributed by atoms with Gasteiger partial charge >= 0.3 is 0 Å². The van der Waals surface area contributed by atoms with Crippen molar-refractivity contribution in [3.63, 3.8) is 0 Å². The lowest BCUT2D eigenvalue weighted by Gasteiger charge is -2.09. The zero-order valence-corrected chi connectivity index (χ0v) is 9.37. The fourth-order valence-electron chi connectivity index (χ4n) is 1.19. The summed E-state index contributed by atoms with van der Waals surface area (Å²) in [5, 5.41) is 9.04. The molecule has 0 amide bonds. The fraction of sp³-hybridized carbons (Fsp3) is 0.400. The van der Waals surface area contributed by atoms with Gasteiger partial charge in [-0.15, -0.1) is 0 Å². The molecule has 0 aromatic heterocycles. The first-order chi connectivity index (χ1) is 6.95. The molecule has 1 aromatic rings. The van der Waals surface area contributed by atoms with Crippen LogP contribution in [0, 0.1) is 5.92 Å². The van der Waals surface area contributed by atoms with Crippen LogP contribution in [0.15, 0.2) is 29.2 Å². The lowest BCUT2D eigenvalue weighted by molar-refractivity contribution is 0.474. The summed E-state index contributed by atoms with van der Waals surface area (Å²) in [6.45, 7) is 2.13. The van der Waals surface area contributed by atoms with Crippen molar-refractivity contribution in [3.05, 3.63) is 24.3 Å². The van der Waals surface area contributed by atoms with E-state index in [0.717, 1.165) is 0 Å². The van der Waals surface area contributed by atoms with Gasteiger partial charge in [0.05, 0.1) is 10.6 Å². The highest BCUT2D eigenvalue weighted by molar-refractivity contribution is 7.91. The van der Waals surface area contributed by atoms with Gasteiger partial charge in [0, 0.05) is 0 Å². The Bertz CT molecular complexity index is 411. The van der Waals surface area contributed by atoms with Gasteiger partial charge in [-0.1, -0.05) is 6.92 Å². The average molecular weight is 229 g/mol. The summed E-state index contributed by atoms with van der Waals surface area (Å²) in [5.41, 5.74) is 5.38.